The molecule has 0 aromatic carbocycles. The number of likely N-dealkylation sites (tertiary alicyclic amines) is 1. The lowest BCUT2D eigenvalue weighted by molar-refractivity contribution is 0.113. The molecule has 1 fully saturated rings. The number of nitrogens with zero attached hydrogens (tertiary/aromatic N) is 3. The molecule has 3 heterocycles. The fourth-order valence-corrected chi connectivity index (χ4v) is 3.51. The second-order valence-corrected chi connectivity index (χ2v) is 6.23. The van der Waals surface area contributed by atoms with E-state index in [-0.39, 0.29) is 12.1 Å². The van der Waals surface area contributed by atoms with Crippen LogP contribution in [-0.2, 0) is 20.0 Å². The van der Waals surface area contributed by atoms with E-state index in [4.69, 9.17) is 0 Å². The van der Waals surface area contributed by atoms with E-state index in [0.717, 1.165) is 25.9 Å². The topological polar surface area (TPSA) is 41.3 Å². The number of aliphatic hydroxyl groups is 1. The summed E-state index contributed by atoms with van der Waals surface area (Å²) in [6.45, 7) is 1.92. The van der Waals surface area contributed by atoms with Crippen LogP contribution in [0.2, 0.25) is 0 Å². The molecule has 1 saturated heterocycles. The Morgan fingerprint density at radius 3 is 3.11 bits per heavy atom. The Labute approximate surface area is 117 Å². The van der Waals surface area contributed by atoms with E-state index in [1.165, 1.54) is 10.4 Å². The normalized spacial score (nSPS) is 24.1. The second-order valence-electron chi connectivity index (χ2n) is 5.20. The zero-order chi connectivity index (χ0) is 13.2. The Kier molecular flexibility index (Phi) is 3.68. The Hall–Kier alpha value is -1.17. The number of aliphatic hydroxyl groups excluding tert-OH is 1. The van der Waals surface area contributed by atoms with Crippen molar-refractivity contribution in [2.45, 2.75) is 31.5 Å². The Morgan fingerprint density at radius 1 is 1.53 bits per heavy atom. The van der Waals surface area contributed by atoms with Crippen LogP contribution in [0.1, 0.15) is 16.9 Å². The van der Waals surface area contributed by atoms with Crippen LogP contribution >= 0.6 is 11.3 Å². The molecule has 102 valence electrons. The standard InChI is InChI=1S/C14H19N3OS/c1-16-9-11(8-15-16)7-13-14(18)4-5-17(13)10-12-3-2-6-19-12/h2-3,6,8-9,13-14,18H,4-5,7,10H2,1H3/t13-,14+/m0/s1. The van der Waals surface area contributed by atoms with Gasteiger partial charge in [-0.1, -0.05) is 6.07 Å². The summed E-state index contributed by atoms with van der Waals surface area (Å²) < 4.78 is 1.82. The van der Waals surface area contributed by atoms with Gasteiger partial charge in [0, 0.05) is 37.3 Å². The molecule has 1 aliphatic heterocycles. The molecule has 2 atom stereocenters. The average molecular weight is 277 g/mol. The quantitative estimate of drug-likeness (QED) is 0.924. The first kappa shape index (κ1) is 12.8. The van der Waals surface area contributed by atoms with E-state index in [9.17, 15) is 5.11 Å². The molecule has 4 nitrogen and oxygen atoms in total. The second kappa shape index (κ2) is 5.45. The van der Waals surface area contributed by atoms with E-state index < -0.39 is 0 Å². The van der Waals surface area contributed by atoms with E-state index in [2.05, 4.69) is 27.5 Å². The largest absolute Gasteiger partial charge is 0.391 e. The van der Waals surface area contributed by atoms with E-state index in [1.807, 2.05) is 24.1 Å². The summed E-state index contributed by atoms with van der Waals surface area (Å²) in [4.78, 5) is 3.76. The predicted molar refractivity (Wildman–Crippen MR) is 76.1 cm³/mol. The van der Waals surface area contributed by atoms with Gasteiger partial charge in [-0.3, -0.25) is 9.58 Å². The van der Waals surface area contributed by atoms with Gasteiger partial charge in [0.05, 0.1) is 12.3 Å². The van der Waals surface area contributed by atoms with Crippen molar-refractivity contribution in [1.29, 1.82) is 0 Å². The van der Waals surface area contributed by atoms with E-state index in [1.54, 1.807) is 11.3 Å². The Bertz CT molecular complexity index is 523. The zero-order valence-corrected chi connectivity index (χ0v) is 11.9. The first-order valence-electron chi connectivity index (χ1n) is 6.64. The molecule has 2 aromatic heterocycles. The van der Waals surface area contributed by atoms with Crippen LogP contribution < -0.4 is 0 Å². The van der Waals surface area contributed by atoms with Crippen molar-refractivity contribution in [3.05, 3.63) is 40.3 Å². The third-order valence-electron chi connectivity index (χ3n) is 3.77. The molecule has 2 aromatic rings. The molecule has 1 N–H and O–H groups in total. The highest BCUT2D eigenvalue weighted by atomic mass is 32.1. The van der Waals surface area contributed by atoms with Crippen molar-refractivity contribution in [2.24, 2.45) is 7.05 Å². The fourth-order valence-electron chi connectivity index (χ4n) is 2.78. The molecule has 0 saturated carbocycles. The van der Waals surface area contributed by atoms with Crippen molar-refractivity contribution in [2.75, 3.05) is 6.54 Å². The van der Waals surface area contributed by atoms with Crippen LogP contribution in [0.25, 0.3) is 0 Å². The molecular weight excluding hydrogens is 258 g/mol. The number of aryl methyl sites for hydroxylation is 1. The Morgan fingerprint density at radius 2 is 2.42 bits per heavy atom. The minimum atomic E-state index is -0.222. The molecule has 0 aliphatic carbocycles. The summed E-state index contributed by atoms with van der Waals surface area (Å²) in [5.41, 5.74) is 1.20. The molecule has 5 heteroatoms. The van der Waals surface area contributed by atoms with Gasteiger partial charge in [0.2, 0.25) is 0 Å². The van der Waals surface area contributed by atoms with Gasteiger partial charge in [-0.25, -0.2) is 0 Å². The lowest BCUT2D eigenvalue weighted by Gasteiger charge is -2.25. The molecule has 0 bridgehead atoms. The van der Waals surface area contributed by atoms with Crippen LogP contribution in [0.4, 0.5) is 0 Å². The maximum atomic E-state index is 10.2. The van der Waals surface area contributed by atoms with Crippen molar-refractivity contribution < 1.29 is 5.11 Å². The van der Waals surface area contributed by atoms with Gasteiger partial charge in [-0.2, -0.15) is 5.10 Å². The van der Waals surface area contributed by atoms with Crippen LogP contribution in [0, 0.1) is 0 Å². The molecule has 0 spiro atoms. The molecule has 0 amide bonds. The molecular formula is C14H19N3OS. The monoisotopic (exact) mass is 277 g/mol. The van der Waals surface area contributed by atoms with Crippen molar-refractivity contribution in [3.63, 3.8) is 0 Å². The van der Waals surface area contributed by atoms with Crippen LogP contribution in [0.15, 0.2) is 29.9 Å². The fraction of sp³-hybridized carbons (Fsp3) is 0.500. The predicted octanol–water partition coefficient (Wildman–Crippen LogP) is 1.66. The maximum Gasteiger partial charge on any atom is 0.0711 e. The number of rotatable bonds is 4. The average Bonchev–Trinajstić information content (AvgIpc) is 3.08. The van der Waals surface area contributed by atoms with Crippen LogP contribution in [0.3, 0.4) is 0 Å². The maximum absolute atomic E-state index is 10.2. The molecule has 19 heavy (non-hydrogen) atoms. The summed E-state index contributed by atoms with van der Waals surface area (Å²) in [5, 5.41) is 16.5. The van der Waals surface area contributed by atoms with E-state index >= 15 is 0 Å². The van der Waals surface area contributed by atoms with Crippen LogP contribution in [0.5, 0.6) is 0 Å². The SMILES string of the molecule is Cn1cc(C[C@H]2[C@H](O)CCN2Cc2cccs2)cn1. The van der Waals surface area contributed by atoms with Gasteiger partial charge in [-0.05, 0) is 29.9 Å². The smallest absolute Gasteiger partial charge is 0.0711 e. The van der Waals surface area contributed by atoms with Gasteiger partial charge in [0.25, 0.3) is 0 Å². The third-order valence-corrected chi connectivity index (χ3v) is 4.63. The molecule has 0 radical (unpaired) electrons. The number of aromatic nitrogens is 2. The van der Waals surface area contributed by atoms with Gasteiger partial charge in [0.15, 0.2) is 0 Å². The molecule has 0 unspecified atom stereocenters. The minimum Gasteiger partial charge on any atom is -0.391 e. The van der Waals surface area contributed by atoms with Crippen LogP contribution in [-0.4, -0.2) is 38.5 Å². The van der Waals surface area contributed by atoms with Crippen molar-refractivity contribution in [1.82, 2.24) is 14.7 Å². The summed E-state index contributed by atoms with van der Waals surface area (Å²) in [5.74, 6) is 0. The first-order valence-corrected chi connectivity index (χ1v) is 7.52. The number of hydrogen-bond donors (Lipinski definition) is 1. The Balaban J connectivity index is 1.69. The number of thiophene rings is 1. The van der Waals surface area contributed by atoms with Gasteiger partial charge < -0.3 is 5.11 Å². The number of hydrogen-bond acceptors (Lipinski definition) is 4. The van der Waals surface area contributed by atoms with Gasteiger partial charge in [-0.15, -0.1) is 11.3 Å². The summed E-state index contributed by atoms with van der Waals surface area (Å²) in [6, 6.07) is 4.46. The highest BCUT2D eigenvalue weighted by Gasteiger charge is 2.33. The third kappa shape index (κ3) is 2.88. The minimum absolute atomic E-state index is 0.214. The molecule has 3 rings (SSSR count). The highest BCUT2D eigenvalue weighted by molar-refractivity contribution is 7.09. The van der Waals surface area contributed by atoms with Crippen molar-refractivity contribution in [3.8, 4) is 0 Å². The zero-order valence-electron chi connectivity index (χ0n) is 11.1. The summed E-state index contributed by atoms with van der Waals surface area (Å²) >= 11 is 1.78. The van der Waals surface area contributed by atoms with Gasteiger partial charge >= 0.3 is 0 Å². The molecule has 1 aliphatic rings. The first-order chi connectivity index (χ1) is 9.22. The lowest BCUT2D eigenvalue weighted by Crippen LogP contribution is -2.36. The lowest BCUT2D eigenvalue weighted by atomic mass is 10.0. The van der Waals surface area contributed by atoms with Crippen molar-refractivity contribution >= 4 is 11.3 Å². The summed E-state index contributed by atoms with van der Waals surface area (Å²) in [6.07, 6.45) is 5.46. The highest BCUT2D eigenvalue weighted by Crippen LogP contribution is 2.25. The van der Waals surface area contributed by atoms with E-state index in [0.29, 0.717) is 0 Å². The van der Waals surface area contributed by atoms with Gasteiger partial charge in [0.1, 0.15) is 0 Å². The summed E-state index contributed by atoms with van der Waals surface area (Å²) in [7, 11) is 1.93.